The van der Waals surface area contributed by atoms with E-state index in [-0.39, 0.29) is 17.5 Å². The molecule has 0 aliphatic heterocycles. The van der Waals surface area contributed by atoms with Gasteiger partial charge in [0.15, 0.2) is 0 Å². The zero-order valence-corrected chi connectivity index (χ0v) is 14.7. The first kappa shape index (κ1) is 17.1. The zero-order chi connectivity index (χ0) is 16.4. The van der Waals surface area contributed by atoms with Gasteiger partial charge in [-0.2, -0.15) is 0 Å². The number of pyridine rings is 1. The highest BCUT2D eigenvalue weighted by molar-refractivity contribution is 6.36. The van der Waals surface area contributed by atoms with Gasteiger partial charge in [-0.3, -0.25) is 4.79 Å². The first-order chi connectivity index (χ1) is 10.3. The molecule has 116 valence electrons. The molecule has 0 spiro atoms. The second-order valence-corrected chi connectivity index (χ2v) is 6.35. The molecule has 2 aromatic rings. The van der Waals surface area contributed by atoms with E-state index in [0.717, 1.165) is 11.1 Å². The number of nitrogens with zero attached hydrogens (tertiary/aromatic N) is 1. The smallest absolute Gasteiger partial charge is 0.229 e. The van der Waals surface area contributed by atoms with Gasteiger partial charge in [0.1, 0.15) is 5.15 Å². The molecule has 0 atom stereocenters. The Hall–Kier alpha value is -1.29. The number of amides is 1. The predicted molar refractivity (Wildman–Crippen MR) is 92.3 cm³/mol. The second-order valence-electron chi connectivity index (χ2n) is 5.18. The quantitative estimate of drug-likeness (QED) is 0.772. The van der Waals surface area contributed by atoms with Gasteiger partial charge >= 0.3 is 0 Å². The molecule has 0 bridgehead atoms. The van der Waals surface area contributed by atoms with Crippen molar-refractivity contribution in [2.75, 3.05) is 5.32 Å². The molecule has 0 saturated carbocycles. The molecule has 3 nitrogen and oxygen atoms in total. The summed E-state index contributed by atoms with van der Waals surface area (Å²) in [6.45, 7) is 5.63. The molecule has 0 saturated heterocycles. The molecule has 0 unspecified atom stereocenters. The largest absolute Gasteiger partial charge is 0.324 e. The Labute approximate surface area is 144 Å². The fourth-order valence-electron chi connectivity index (χ4n) is 2.20. The number of carbonyl (C=O) groups excluding carboxylic acids is 1. The molecule has 1 aromatic carbocycles. The average Bonchev–Trinajstić information content (AvgIpc) is 2.38. The SMILES string of the molecule is Cc1cc(C)c(NC(=O)Cc2c(Cl)cc(C)nc2Cl)c(Cl)c1. The third kappa shape index (κ3) is 3.92. The van der Waals surface area contributed by atoms with E-state index in [1.54, 1.807) is 19.1 Å². The summed E-state index contributed by atoms with van der Waals surface area (Å²) in [4.78, 5) is 16.4. The topological polar surface area (TPSA) is 42.0 Å². The van der Waals surface area contributed by atoms with E-state index in [9.17, 15) is 4.79 Å². The molecule has 1 heterocycles. The highest BCUT2D eigenvalue weighted by Gasteiger charge is 2.15. The van der Waals surface area contributed by atoms with Crippen LogP contribution in [0.3, 0.4) is 0 Å². The van der Waals surface area contributed by atoms with Crippen molar-refractivity contribution >= 4 is 46.4 Å². The number of nitrogens with one attached hydrogen (secondary N) is 1. The summed E-state index contributed by atoms with van der Waals surface area (Å²) < 4.78 is 0. The van der Waals surface area contributed by atoms with E-state index in [2.05, 4.69) is 10.3 Å². The van der Waals surface area contributed by atoms with Crippen molar-refractivity contribution in [2.45, 2.75) is 27.2 Å². The number of anilines is 1. The van der Waals surface area contributed by atoms with E-state index in [4.69, 9.17) is 34.8 Å². The van der Waals surface area contributed by atoms with Gasteiger partial charge < -0.3 is 5.32 Å². The van der Waals surface area contributed by atoms with Crippen LogP contribution in [0.1, 0.15) is 22.4 Å². The lowest BCUT2D eigenvalue weighted by Gasteiger charge is -2.12. The van der Waals surface area contributed by atoms with E-state index in [1.807, 2.05) is 19.9 Å². The number of hydrogen-bond acceptors (Lipinski definition) is 2. The molecule has 0 radical (unpaired) electrons. The molecule has 1 N–H and O–H groups in total. The summed E-state index contributed by atoms with van der Waals surface area (Å²) in [7, 11) is 0. The van der Waals surface area contributed by atoms with Crippen LogP contribution in [-0.4, -0.2) is 10.9 Å². The van der Waals surface area contributed by atoms with Gasteiger partial charge in [-0.25, -0.2) is 4.98 Å². The van der Waals surface area contributed by atoms with Crippen molar-refractivity contribution in [2.24, 2.45) is 0 Å². The summed E-state index contributed by atoms with van der Waals surface area (Å²) in [5.74, 6) is -0.247. The Bertz CT molecular complexity index is 637. The van der Waals surface area contributed by atoms with Gasteiger partial charge in [0.05, 0.1) is 17.1 Å². The lowest BCUT2D eigenvalue weighted by Crippen LogP contribution is -2.16. The maximum Gasteiger partial charge on any atom is 0.229 e. The Morgan fingerprint density at radius 1 is 1.09 bits per heavy atom. The highest BCUT2D eigenvalue weighted by Crippen LogP contribution is 2.29. The number of carbonyl (C=O) groups is 1. The number of benzene rings is 1. The number of hydrogen-bond donors (Lipinski definition) is 1. The van der Waals surface area contributed by atoms with Crippen LogP contribution >= 0.6 is 34.8 Å². The van der Waals surface area contributed by atoms with Crippen LogP contribution in [0.15, 0.2) is 18.2 Å². The summed E-state index contributed by atoms with van der Waals surface area (Å²) in [5, 5.41) is 3.98. The minimum absolute atomic E-state index is 0.0363. The number of aromatic nitrogens is 1. The van der Waals surface area contributed by atoms with Crippen LogP contribution in [-0.2, 0) is 11.2 Å². The number of rotatable bonds is 3. The molecule has 2 rings (SSSR count). The second kappa shape index (κ2) is 6.86. The average molecular weight is 358 g/mol. The van der Waals surface area contributed by atoms with Crippen LogP contribution in [0.4, 0.5) is 5.69 Å². The van der Waals surface area contributed by atoms with E-state index in [0.29, 0.717) is 27.0 Å². The van der Waals surface area contributed by atoms with Crippen molar-refractivity contribution in [3.8, 4) is 0 Å². The first-order valence-electron chi connectivity index (χ1n) is 6.66. The van der Waals surface area contributed by atoms with Gasteiger partial charge in [-0.1, -0.05) is 40.9 Å². The van der Waals surface area contributed by atoms with Crippen molar-refractivity contribution in [3.63, 3.8) is 0 Å². The fourth-order valence-corrected chi connectivity index (χ4v) is 3.23. The van der Waals surface area contributed by atoms with Crippen molar-refractivity contribution in [1.82, 2.24) is 4.98 Å². The standard InChI is InChI=1S/C16H15Cl3N2O/c1-8-4-9(2)15(13(18)5-8)21-14(22)7-11-12(17)6-10(3)20-16(11)19/h4-6H,7H2,1-3H3,(H,21,22). The Balaban J connectivity index is 2.22. The van der Waals surface area contributed by atoms with Crippen molar-refractivity contribution in [3.05, 3.63) is 55.8 Å². The molecular formula is C16H15Cl3N2O. The van der Waals surface area contributed by atoms with Crippen molar-refractivity contribution < 1.29 is 4.79 Å². The van der Waals surface area contributed by atoms with Gasteiger partial charge in [-0.05, 0) is 44.0 Å². The molecule has 6 heteroatoms. The van der Waals surface area contributed by atoms with E-state index in [1.165, 1.54) is 0 Å². The summed E-state index contributed by atoms with van der Waals surface area (Å²) in [5.41, 5.74) is 3.75. The van der Waals surface area contributed by atoms with Gasteiger partial charge in [0, 0.05) is 16.3 Å². The summed E-state index contributed by atoms with van der Waals surface area (Å²) in [6, 6.07) is 5.44. The highest BCUT2D eigenvalue weighted by atomic mass is 35.5. The Morgan fingerprint density at radius 2 is 1.77 bits per heavy atom. The zero-order valence-electron chi connectivity index (χ0n) is 12.4. The lowest BCUT2D eigenvalue weighted by atomic mass is 10.1. The first-order valence-corrected chi connectivity index (χ1v) is 7.79. The third-order valence-corrected chi connectivity index (χ3v) is 4.13. The van der Waals surface area contributed by atoms with Gasteiger partial charge in [0.25, 0.3) is 0 Å². The van der Waals surface area contributed by atoms with Crippen molar-refractivity contribution in [1.29, 1.82) is 0 Å². The lowest BCUT2D eigenvalue weighted by molar-refractivity contribution is -0.115. The Morgan fingerprint density at radius 3 is 2.36 bits per heavy atom. The van der Waals surface area contributed by atoms with Crippen LogP contribution in [0.2, 0.25) is 15.2 Å². The molecule has 1 aromatic heterocycles. The third-order valence-electron chi connectivity index (χ3n) is 3.18. The van der Waals surface area contributed by atoms with E-state index < -0.39 is 0 Å². The summed E-state index contributed by atoms with van der Waals surface area (Å²) >= 11 is 18.4. The Kier molecular flexibility index (Phi) is 5.32. The molecule has 1 amide bonds. The maximum absolute atomic E-state index is 12.2. The number of aryl methyl sites for hydroxylation is 3. The normalized spacial score (nSPS) is 10.6. The summed E-state index contributed by atoms with van der Waals surface area (Å²) in [6.07, 6.45) is 0.0363. The van der Waals surface area contributed by atoms with Gasteiger partial charge in [0.2, 0.25) is 5.91 Å². The predicted octanol–water partition coefficient (Wildman–Crippen LogP) is 5.15. The number of halogens is 3. The van der Waals surface area contributed by atoms with E-state index >= 15 is 0 Å². The fraction of sp³-hybridized carbons (Fsp3) is 0.250. The molecule has 0 fully saturated rings. The molecule has 0 aliphatic carbocycles. The monoisotopic (exact) mass is 356 g/mol. The molecule has 22 heavy (non-hydrogen) atoms. The van der Waals surface area contributed by atoms with Gasteiger partial charge in [-0.15, -0.1) is 0 Å². The molecular weight excluding hydrogens is 343 g/mol. The van der Waals surface area contributed by atoms with Crippen LogP contribution in [0.5, 0.6) is 0 Å². The van der Waals surface area contributed by atoms with Crippen LogP contribution in [0.25, 0.3) is 0 Å². The minimum Gasteiger partial charge on any atom is -0.324 e. The minimum atomic E-state index is -0.247. The van der Waals surface area contributed by atoms with Crippen LogP contribution < -0.4 is 5.32 Å². The maximum atomic E-state index is 12.2. The van der Waals surface area contributed by atoms with Crippen LogP contribution in [0, 0.1) is 20.8 Å². The molecule has 0 aliphatic rings.